The van der Waals surface area contributed by atoms with Gasteiger partial charge in [-0.3, -0.25) is 4.79 Å². The lowest BCUT2D eigenvalue weighted by Gasteiger charge is -2.22. The maximum atomic E-state index is 11.8. The highest BCUT2D eigenvalue weighted by Gasteiger charge is 2.21. The quantitative estimate of drug-likeness (QED) is 0.718. The summed E-state index contributed by atoms with van der Waals surface area (Å²) in [4.78, 5) is 22.5. The average Bonchev–Trinajstić information content (AvgIpc) is 2.40. The Balaban J connectivity index is 1.96. The fraction of sp³-hybridized carbons (Fsp3) is 0.333. The van der Waals surface area contributed by atoms with Crippen molar-refractivity contribution < 1.29 is 19.4 Å². The molecule has 0 aliphatic carbocycles. The summed E-state index contributed by atoms with van der Waals surface area (Å²) in [5.74, 6) is -1.22. The van der Waals surface area contributed by atoms with Gasteiger partial charge in [-0.15, -0.1) is 0 Å². The van der Waals surface area contributed by atoms with Crippen LogP contribution in [0.1, 0.15) is 10.4 Å². The summed E-state index contributed by atoms with van der Waals surface area (Å²) in [7, 11) is 0. The van der Waals surface area contributed by atoms with Crippen LogP contribution in [-0.4, -0.2) is 42.8 Å². The molecule has 1 fully saturated rings. The molecule has 1 saturated heterocycles. The molecule has 1 heterocycles. The van der Waals surface area contributed by atoms with Crippen molar-refractivity contribution in [3.63, 3.8) is 0 Å². The number of amides is 1. The number of carboxylic acid groups (broad SMARTS) is 1. The Morgan fingerprint density at radius 2 is 2.06 bits per heavy atom. The van der Waals surface area contributed by atoms with Crippen LogP contribution < -0.4 is 10.6 Å². The van der Waals surface area contributed by atoms with E-state index in [9.17, 15) is 9.59 Å². The van der Waals surface area contributed by atoms with Crippen LogP contribution in [0.4, 0.5) is 5.69 Å². The lowest BCUT2D eigenvalue weighted by molar-refractivity contribution is -0.128. The van der Waals surface area contributed by atoms with E-state index >= 15 is 0 Å². The Morgan fingerprint density at radius 3 is 2.61 bits per heavy atom. The fourth-order valence-corrected chi connectivity index (χ4v) is 1.65. The Hall–Kier alpha value is -1.92. The van der Waals surface area contributed by atoms with Crippen LogP contribution in [0.3, 0.4) is 0 Å². The van der Waals surface area contributed by atoms with Gasteiger partial charge in [0.1, 0.15) is 6.10 Å². The predicted molar refractivity (Wildman–Crippen MR) is 64.6 cm³/mol. The zero-order valence-corrected chi connectivity index (χ0v) is 9.68. The van der Waals surface area contributed by atoms with Crippen LogP contribution >= 0.6 is 0 Å². The van der Waals surface area contributed by atoms with E-state index in [1.165, 1.54) is 12.1 Å². The van der Waals surface area contributed by atoms with Crippen molar-refractivity contribution in [2.24, 2.45) is 0 Å². The van der Waals surface area contributed by atoms with Gasteiger partial charge in [-0.05, 0) is 24.3 Å². The monoisotopic (exact) mass is 250 g/mol. The Labute approximate surface area is 104 Å². The molecular formula is C12H14N2O4. The maximum absolute atomic E-state index is 11.8. The number of ether oxygens (including phenoxy) is 1. The van der Waals surface area contributed by atoms with Crippen molar-refractivity contribution in [3.05, 3.63) is 29.8 Å². The van der Waals surface area contributed by atoms with Gasteiger partial charge in [0.05, 0.1) is 12.2 Å². The Bertz CT molecular complexity index is 438. The SMILES string of the molecule is O=C(O)c1ccc(NC(=O)C2CNCCO2)cc1. The van der Waals surface area contributed by atoms with Crippen LogP contribution in [0.15, 0.2) is 24.3 Å². The van der Waals surface area contributed by atoms with Gasteiger partial charge < -0.3 is 20.5 Å². The molecule has 1 atom stereocenters. The first kappa shape index (κ1) is 12.5. The number of benzene rings is 1. The van der Waals surface area contributed by atoms with Crippen molar-refractivity contribution in [2.75, 3.05) is 25.0 Å². The molecule has 1 aromatic carbocycles. The summed E-state index contributed by atoms with van der Waals surface area (Å²) in [6, 6.07) is 5.99. The Morgan fingerprint density at radius 1 is 1.33 bits per heavy atom. The van der Waals surface area contributed by atoms with Crippen molar-refractivity contribution in [1.82, 2.24) is 5.32 Å². The molecule has 1 aliphatic heterocycles. The first-order chi connectivity index (χ1) is 8.66. The number of carbonyl (C=O) groups is 2. The molecule has 96 valence electrons. The molecule has 0 aromatic heterocycles. The molecule has 0 saturated carbocycles. The van der Waals surface area contributed by atoms with Crippen LogP contribution in [-0.2, 0) is 9.53 Å². The minimum absolute atomic E-state index is 0.184. The second kappa shape index (κ2) is 5.61. The molecule has 1 aliphatic rings. The molecule has 18 heavy (non-hydrogen) atoms. The molecule has 3 N–H and O–H groups in total. The van der Waals surface area contributed by atoms with Crippen molar-refractivity contribution >= 4 is 17.6 Å². The van der Waals surface area contributed by atoms with Gasteiger partial charge in [-0.2, -0.15) is 0 Å². The largest absolute Gasteiger partial charge is 0.478 e. The van der Waals surface area contributed by atoms with Crippen LogP contribution in [0.5, 0.6) is 0 Å². The van der Waals surface area contributed by atoms with Crippen LogP contribution in [0, 0.1) is 0 Å². The molecule has 1 unspecified atom stereocenters. The number of hydrogen-bond donors (Lipinski definition) is 3. The predicted octanol–water partition coefficient (Wildman–Crippen LogP) is 0.312. The third-order valence-corrected chi connectivity index (χ3v) is 2.62. The molecule has 0 bridgehead atoms. The first-order valence-electron chi connectivity index (χ1n) is 5.63. The summed E-state index contributed by atoms with van der Waals surface area (Å²) < 4.78 is 5.31. The summed E-state index contributed by atoms with van der Waals surface area (Å²) in [6.45, 7) is 1.74. The molecular weight excluding hydrogens is 236 g/mol. The van der Waals surface area contributed by atoms with E-state index in [4.69, 9.17) is 9.84 Å². The maximum Gasteiger partial charge on any atom is 0.335 e. The summed E-state index contributed by atoms with van der Waals surface area (Å²) in [5, 5.41) is 14.5. The standard InChI is InChI=1S/C12H14N2O4/c15-11(10-7-13-5-6-18-10)14-9-3-1-8(2-4-9)12(16)17/h1-4,10,13H,5-7H2,(H,14,15)(H,16,17). The zero-order valence-electron chi connectivity index (χ0n) is 9.68. The normalized spacial score (nSPS) is 19.2. The zero-order chi connectivity index (χ0) is 13.0. The minimum atomic E-state index is -0.993. The molecule has 0 spiro atoms. The van der Waals surface area contributed by atoms with E-state index in [1.807, 2.05) is 0 Å². The highest BCUT2D eigenvalue weighted by Crippen LogP contribution is 2.10. The lowest BCUT2D eigenvalue weighted by atomic mass is 10.2. The molecule has 6 heteroatoms. The number of aromatic carboxylic acids is 1. The van der Waals surface area contributed by atoms with E-state index in [2.05, 4.69) is 10.6 Å². The summed E-state index contributed by atoms with van der Waals surface area (Å²) >= 11 is 0. The van der Waals surface area contributed by atoms with Crippen LogP contribution in [0.25, 0.3) is 0 Å². The van der Waals surface area contributed by atoms with Crippen molar-refractivity contribution in [1.29, 1.82) is 0 Å². The summed E-state index contributed by atoms with van der Waals surface area (Å²) in [6.07, 6.45) is -0.502. The van der Waals surface area contributed by atoms with E-state index in [-0.39, 0.29) is 11.5 Å². The van der Waals surface area contributed by atoms with E-state index in [0.717, 1.165) is 6.54 Å². The van der Waals surface area contributed by atoms with Gasteiger partial charge in [-0.1, -0.05) is 0 Å². The van der Waals surface area contributed by atoms with Crippen LogP contribution in [0.2, 0.25) is 0 Å². The second-order valence-corrected chi connectivity index (χ2v) is 3.94. The number of morpholine rings is 1. The molecule has 1 amide bonds. The lowest BCUT2D eigenvalue weighted by Crippen LogP contribution is -2.45. The third-order valence-electron chi connectivity index (χ3n) is 2.62. The minimum Gasteiger partial charge on any atom is -0.478 e. The second-order valence-electron chi connectivity index (χ2n) is 3.94. The molecule has 1 aromatic rings. The fourth-order valence-electron chi connectivity index (χ4n) is 1.65. The van der Waals surface area contributed by atoms with Crippen molar-refractivity contribution in [2.45, 2.75) is 6.10 Å². The molecule has 0 radical (unpaired) electrons. The first-order valence-corrected chi connectivity index (χ1v) is 5.63. The summed E-state index contributed by atoms with van der Waals surface area (Å²) in [5.41, 5.74) is 0.739. The number of hydrogen-bond acceptors (Lipinski definition) is 4. The molecule has 6 nitrogen and oxygen atoms in total. The number of rotatable bonds is 3. The topological polar surface area (TPSA) is 87.7 Å². The Kier molecular flexibility index (Phi) is 3.91. The highest BCUT2D eigenvalue weighted by atomic mass is 16.5. The van der Waals surface area contributed by atoms with Gasteiger partial charge in [-0.25, -0.2) is 4.79 Å². The molecule has 2 rings (SSSR count). The number of anilines is 1. The number of carboxylic acids is 1. The van der Waals surface area contributed by atoms with Gasteiger partial charge >= 0.3 is 5.97 Å². The number of carbonyl (C=O) groups excluding carboxylic acids is 1. The number of nitrogens with one attached hydrogen (secondary N) is 2. The van der Waals surface area contributed by atoms with Crippen molar-refractivity contribution in [3.8, 4) is 0 Å². The van der Waals surface area contributed by atoms with Gasteiger partial charge in [0.25, 0.3) is 5.91 Å². The van der Waals surface area contributed by atoms with Gasteiger partial charge in [0.2, 0.25) is 0 Å². The average molecular weight is 250 g/mol. The highest BCUT2D eigenvalue weighted by molar-refractivity contribution is 5.95. The van der Waals surface area contributed by atoms with Gasteiger partial charge in [0.15, 0.2) is 0 Å². The van der Waals surface area contributed by atoms with E-state index in [1.54, 1.807) is 12.1 Å². The third kappa shape index (κ3) is 3.06. The van der Waals surface area contributed by atoms with Gasteiger partial charge in [0, 0.05) is 18.8 Å². The smallest absolute Gasteiger partial charge is 0.335 e. The van der Waals surface area contributed by atoms with E-state index < -0.39 is 12.1 Å². The van der Waals surface area contributed by atoms with E-state index in [0.29, 0.717) is 18.8 Å².